The summed E-state index contributed by atoms with van der Waals surface area (Å²) in [5.74, 6) is -8.88. The molecule has 3 aliphatic heterocycles. The van der Waals surface area contributed by atoms with Gasteiger partial charge in [-0.1, -0.05) is 96.7 Å². The van der Waals surface area contributed by atoms with E-state index >= 15 is 14.4 Å². The molecule has 6 rings (SSSR count). The van der Waals surface area contributed by atoms with Crippen LogP contribution < -0.4 is 16.0 Å². The summed E-state index contributed by atoms with van der Waals surface area (Å²) >= 11 is 6.13. The van der Waals surface area contributed by atoms with Gasteiger partial charge in [-0.2, -0.15) is 13.2 Å². The highest BCUT2D eigenvalue weighted by molar-refractivity contribution is 6.31. The van der Waals surface area contributed by atoms with E-state index in [0.29, 0.717) is 51.6 Å². The van der Waals surface area contributed by atoms with Crippen molar-refractivity contribution in [1.82, 2.24) is 60.0 Å². The van der Waals surface area contributed by atoms with Crippen LogP contribution in [0.15, 0.2) is 18.2 Å². The van der Waals surface area contributed by atoms with Gasteiger partial charge in [0.05, 0.1) is 43.2 Å². The monoisotopic (exact) mass is 1400 g/mol. The number of hydrogen-bond donors (Lipinski definition) is 3. The Hall–Kier alpha value is -7.10. The average molecular weight is 1400 g/mol. The van der Waals surface area contributed by atoms with Crippen LogP contribution in [0, 0.1) is 17.8 Å². The summed E-state index contributed by atoms with van der Waals surface area (Å²) in [5, 5.41) is 8.02. The quantitative estimate of drug-likeness (QED) is 0.261. The number of aryl methyl sites for hydroxylation is 1. The van der Waals surface area contributed by atoms with Gasteiger partial charge in [0, 0.05) is 76.1 Å². The number of piperidine rings is 1. The number of amides is 12. The number of rotatable bonds is 12. The van der Waals surface area contributed by atoms with Crippen molar-refractivity contribution in [2.75, 3.05) is 102 Å². The van der Waals surface area contributed by atoms with Crippen molar-refractivity contribution in [3.63, 3.8) is 0 Å². The van der Waals surface area contributed by atoms with Crippen molar-refractivity contribution >= 4 is 82.5 Å². The fourth-order valence-electron chi connectivity index (χ4n) is 14.3. The Balaban J connectivity index is 1.41. The van der Waals surface area contributed by atoms with E-state index in [1.165, 1.54) is 77.2 Å². The van der Waals surface area contributed by atoms with E-state index in [1.54, 1.807) is 11.8 Å². The number of alkyl halides is 3. The molecule has 1 aromatic carbocycles. The number of methoxy groups -OCH3 is 1. The summed E-state index contributed by atoms with van der Waals surface area (Å²) in [5.41, 5.74) is -2.41. The van der Waals surface area contributed by atoms with E-state index in [-0.39, 0.29) is 75.5 Å². The molecule has 8 atom stereocenters. The summed E-state index contributed by atoms with van der Waals surface area (Å²) < 4.78 is 47.1. The lowest BCUT2D eigenvalue weighted by Gasteiger charge is -2.40. The second-order valence-corrected chi connectivity index (χ2v) is 28.7. The van der Waals surface area contributed by atoms with Crippen LogP contribution in [0.4, 0.5) is 13.2 Å². The molecule has 1 spiro atoms. The van der Waals surface area contributed by atoms with Crippen molar-refractivity contribution < 1.29 is 75.4 Å². The zero-order valence-corrected chi connectivity index (χ0v) is 60.2. The zero-order chi connectivity index (χ0) is 72.7. The highest BCUT2D eigenvalue weighted by Gasteiger charge is 2.50. The topological polar surface area (TPSA) is 279 Å². The second kappa shape index (κ2) is 35.8. The van der Waals surface area contributed by atoms with Crippen molar-refractivity contribution in [2.45, 2.75) is 210 Å². The van der Waals surface area contributed by atoms with E-state index in [2.05, 4.69) is 16.0 Å². The number of ether oxygens (including phenoxy) is 1. The molecule has 29 heteroatoms. The SMILES string of the molecule is CC[C@H](C)[C@@H]1NC(=O)[C@H](CC(C)C)N(C)C(=O)C[C@@H](C(=O)N2CCCCC2)N(C)C(=O)[C@H](COC)N(C)C(=O)C2(CCCC2)NC(=O)[C@@H]2CCCN2C(=O)[C@H](CCc2ccc(C(F)(F)F)c(Cl)c2)NC(=O)CN(C)C(=O)[C@H](CC2CCCCC2)N(C)C(=O)CN(C)C(=O)CN(C)C1=O. The first-order chi connectivity index (χ1) is 46.2. The standard InChI is InChI=1S/C69H106ClF3N12O13/c1-13-44(4)59-66(96)79(7)40-57(88)77(5)41-58(89)81(9)52(37-45-23-16-14-17-24-45)63(93)78(6)39-55(86)74-49(29-27-46-26-28-47(48(70)36-46)69(71,72)73)62(92)85-34-22-25-50(85)61(91)76-68(30-18-19-31-68)67(97)83(11)54(42-98-12)64(94)82(10)53(65(95)84-32-20-15-21-33-84)38-56(87)80(8)51(35-43(2)3)60(90)75-59/h26,28,36,43-45,49-54,59H,13-25,27,29-35,37-42H2,1-12H3,(H,74,86)(H,75,90)(H,76,91)/t44-,49-,50-,51-,52-,53-,54-,59-/m0/s1. The minimum Gasteiger partial charge on any atom is -0.382 e. The van der Waals surface area contributed by atoms with E-state index in [1.807, 2.05) is 20.8 Å². The molecule has 12 amide bonds. The maximum absolute atomic E-state index is 15.3. The number of carbonyl (C=O) groups excluding carboxylic acids is 12. The first kappa shape index (κ1) is 79.9. The van der Waals surface area contributed by atoms with Gasteiger partial charge in [-0.05, 0) is 106 Å². The van der Waals surface area contributed by atoms with Gasteiger partial charge in [0.25, 0.3) is 0 Å². The smallest absolute Gasteiger partial charge is 0.382 e. The Morgan fingerprint density at radius 1 is 0.653 bits per heavy atom. The number of fused-ring (bicyclic) bond motifs is 1. The third kappa shape index (κ3) is 20.3. The Bertz CT molecular complexity index is 3030. The molecular weight excluding hydrogens is 1300 g/mol. The zero-order valence-electron chi connectivity index (χ0n) is 59.4. The third-order valence-corrected chi connectivity index (χ3v) is 21.0. The summed E-state index contributed by atoms with van der Waals surface area (Å²) in [6.07, 6.45) is 3.18. The summed E-state index contributed by atoms with van der Waals surface area (Å²) in [6.45, 7) is 5.89. The van der Waals surface area contributed by atoms with Crippen LogP contribution in [0.25, 0.3) is 0 Å². The van der Waals surface area contributed by atoms with E-state index < -0.39 is 167 Å². The van der Waals surface area contributed by atoms with Crippen LogP contribution in [0.3, 0.4) is 0 Å². The Labute approximate surface area is 580 Å². The number of likely N-dealkylation sites (tertiary alicyclic amines) is 1. The molecular formula is C69H106ClF3N12O13. The summed E-state index contributed by atoms with van der Waals surface area (Å²) in [4.78, 5) is 188. The molecule has 0 bridgehead atoms. The molecule has 0 unspecified atom stereocenters. The highest BCUT2D eigenvalue weighted by atomic mass is 35.5. The van der Waals surface area contributed by atoms with Gasteiger partial charge in [0.2, 0.25) is 70.9 Å². The molecule has 0 aromatic heterocycles. The Morgan fingerprint density at radius 2 is 1.27 bits per heavy atom. The van der Waals surface area contributed by atoms with Gasteiger partial charge in [-0.3, -0.25) is 57.5 Å². The molecule has 548 valence electrons. The van der Waals surface area contributed by atoms with Crippen LogP contribution in [0.2, 0.25) is 5.02 Å². The number of hydrogen-bond acceptors (Lipinski definition) is 13. The fraction of sp³-hybridized carbons (Fsp3) is 0.739. The van der Waals surface area contributed by atoms with Crippen LogP contribution in [0.1, 0.15) is 161 Å². The number of benzene rings is 1. The van der Waals surface area contributed by atoms with Gasteiger partial charge < -0.3 is 64.8 Å². The fourth-order valence-corrected chi connectivity index (χ4v) is 14.6. The second-order valence-electron chi connectivity index (χ2n) is 28.3. The van der Waals surface area contributed by atoms with Crippen LogP contribution >= 0.6 is 11.6 Å². The molecule has 3 N–H and O–H groups in total. The maximum Gasteiger partial charge on any atom is 0.417 e. The van der Waals surface area contributed by atoms with Crippen LogP contribution in [-0.2, 0) is 74.9 Å². The first-order valence-electron chi connectivity index (χ1n) is 34.8. The predicted molar refractivity (Wildman–Crippen MR) is 359 cm³/mol. The third-order valence-electron chi connectivity index (χ3n) is 20.7. The largest absolute Gasteiger partial charge is 0.417 e. The van der Waals surface area contributed by atoms with Gasteiger partial charge in [0.1, 0.15) is 47.8 Å². The first-order valence-corrected chi connectivity index (χ1v) is 35.2. The van der Waals surface area contributed by atoms with Gasteiger partial charge in [-0.25, -0.2) is 0 Å². The molecule has 25 nitrogen and oxygen atoms in total. The molecule has 2 aliphatic carbocycles. The Morgan fingerprint density at radius 3 is 1.87 bits per heavy atom. The van der Waals surface area contributed by atoms with Crippen molar-refractivity contribution in [3.05, 3.63) is 34.3 Å². The van der Waals surface area contributed by atoms with E-state index in [4.69, 9.17) is 16.3 Å². The molecule has 3 heterocycles. The molecule has 0 radical (unpaired) electrons. The number of nitrogens with one attached hydrogen (secondary N) is 3. The summed E-state index contributed by atoms with van der Waals surface area (Å²) in [7, 11) is 11.0. The van der Waals surface area contributed by atoms with Crippen LogP contribution in [-0.4, -0.2) is 265 Å². The molecule has 1 aromatic rings. The number of halogens is 4. The molecule has 3 saturated heterocycles. The lowest BCUT2D eigenvalue weighted by Crippen LogP contribution is -2.65. The molecule has 2 saturated carbocycles. The van der Waals surface area contributed by atoms with Gasteiger partial charge in [0.15, 0.2) is 0 Å². The van der Waals surface area contributed by atoms with E-state index in [0.717, 1.165) is 75.2 Å². The highest BCUT2D eigenvalue weighted by Crippen LogP contribution is 2.37. The van der Waals surface area contributed by atoms with Crippen molar-refractivity contribution in [1.29, 1.82) is 0 Å². The number of likely N-dealkylation sites (N-methyl/N-ethyl adjacent to an activating group) is 7. The normalized spacial score (nSPS) is 26.1. The van der Waals surface area contributed by atoms with Crippen molar-refractivity contribution in [2.24, 2.45) is 17.8 Å². The molecule has 98 heavy (non-hydrogen) atoms. The minimum atomic E-state index is -4.76. The van der Waals surface area contributed by atoms with Crippen molar-refractivity contribution in [3.8, 4) is 0 Å². The van der Waals surface area contributed by atoms with E-state index in [9.17, 15) is 56.3 Å². The average Bonchev–Trinajstić information content (AvgIpc) is 1.42. The molecule has 5 aliphatic rings. The lowest BCUT2D eigenvalue weighted by atomic mass is 9.84. The minimum absolute atomic E-state index is 0.0144. The molecule has 5 fully saturated rings. The number of nitrogens with zero attached hydrogens (tertiary/aromatic N) is 9. The Kier molecular flexibility index (Phi) is 29.2. The summed E-state index contributed by atoms with van der Waals surface area (Å²) in [6, 6.07) is -5.96. The maximum atomic E-state index is 15.3. The van der Waals surface area contributed by atoms with Gasteiger partial charge in [-0.15, -0.1) is 0 Å². The van der Waals surface area contributed by atoms with Gasteiger partial charge >= 0.3 is 6.18 Å². The predicted octanol–water partition coefficient (Wildman–Crippen LogP) is 4.49. The lowest BCUT2D eigenvalue weighted by molar-refractivity contribution is -0.156. The number of carbonyl (C=O) groups is 12. The van der Waals surface area contributed by atoms with Crippen LogP contribution in [0.5, 0.6) is 0 Å².